The van der Waals surface area contributed by atoms with E-state index in [-0.39, 0.29) is 52.8 Å². The molecule has 0 saturated carbocycles. The first kappa shape index (κ1) is 33.1. The summed E-state index contributed by atoms with van der Waals surface area (Å²) in [6.45, 7) is 10.5. The summed E-state index contributed by atoms with van der Waals surface area (Å²) in [5.74, 6) is -0.585. The van der Waals surface area contributed by atoms with Gasteiger partial charge in [-0.15, -0.1) is 11.3 Å². The number of halogens is 4. The summed E-state index contributed by atoms with van der Waals surface area (Å²) in [4.78, 5) is 34.9. The molecule has 4 aromatic rings. The number of amides is 2. The van der Waals surface area contributed by atoms with Gasteiger partial charge in [0.1, 0.15) is 11.8 Å². The fourth-order valence-electron chi connectivity index (χ4n) is 4.76. The molecular weight excluding hydrogens is 632 g/mol. The van der Waals surface area contributed by atoms with Crippen molar-refractivity contribution in [2.24, 2.45) is 0 Å². The normalized spacial score (nSPS) is 17.5. The maximum Gasteiger partial charge on any atom is 0.410 e. The molecule has 12 nitrogen and oxygen atoms in total. The summed E-state index contributed by atoms with van der Waals surface area (Å²) in [6, 6.07) is 0.688. The number of nitrogens with zero attached hydrogens (tertiary/aromatic N) is 6. The van der Waals surface area contributed by atoms with Gasteiger partial charge in [0, 0.05) is 24.5 Å². The molecule has 248 valence electrons. The van der Waals surface area contributed by atoms with Gasteiger partial charge in [0.05, 0.1) is 63.6 Å². The predicted molar refractivity (Wildman–Crippen MR) is 161 cm³/mol. The van der Waals surface area contributed by atoms with E-state index >= 15 is 4.39 Å². The first-order chi connectivity index (χ1) is 21.4. The Morgan fingerprint density at radius 2 is 1.89 bits per heavy atom. The van der Waals surface area contributed by atoms with Crippen molar-refractivity contribution in [3.8, 4) is 10.7 Å². The van der Waals surface area contributed by atoms with Gasteiger partial charge in [-0.2, -0.15) is 23.3 Å². The zero-order valence-electron chi connectivity index (χ0n) is 26.0. The van der Waals surface area contributed by atoms with Crippen molar-refractivity contribution in [3.05, 3.63) is 41.7 Å². The Hall–Kier alpha value is -4.28. The van der Waals surface area contributed by atoms with Gasteiger partial charge in [-0.1, -0.05) is 5.16 Å². The maximum atomic E-state index is 15.0. The van der Waals surface area contributed by atoms with Gasteiger partial charge in [-0.3, -0.25) is 14.5 Å². The van der Waals surface area contributed by atoms with Crippen molar-refractivity contribution in [1.29, 1.82) is 0 Å². The first-order valence-electron chi connectivity index (χ1n) is 14.4. The fraction of sp³-hybridized carbons (Fsp3) is 0.517. The lowest BCUT2D eigenvalue weighted by atomic mass is 10.1. The third kappa shape index (κ3) is 7.57. The van der Waals surface area contributed by atoms with Gasteiger partial charge >= 0.3 is 12.3 Å². The highest BCUT2D eigenvalue weighted by molar-refractivity contribution is 7.23. The number of thiophene rings is 1. The summed E-state index contributed by atoms with van der Waals surface area (Å²) in [7, 11) is 0. The Kier molecular flexibility index (Phi) is 8.74. The monoisotopic (exact) mass is 666 g/mol. The van der Waals surface area contributed by atoms with E-state index in [9.17, 15) is 22.8 Å². The van der Waals surface area contributed by atoms with E-state index in [1.807, 2.05) is 20.8 Å². The van der Waals surface area contributed by atoms with Crippen molar-refractivity contribution in [2.45, 2.75) is 84.0 Å². The molecule has 5 rings (SSSR count). The van der Waals surface area contributed by atoms with Gasteiger partial charge < -0.3 is 24.8 Å². The zero-order valence-corrected chi connectivity index (χ0v) is 26.8. The van der Waals surface area contributed by atoms with Crippen LogP contribution in [0.25, 0.3) is 20.9 Å². The standard InChI is InChI=1S/C29H34F4N8O4S/c1-27(2,3)41-12-15(10-36-41)25(42)35-11-20-38-24(39-45-20)22-16(9-29(31,32)33)21-23(46-22)18(7-8-34-21)37-19-14-40(13-17(19)30)26(43)44-28(4,5)6/h7-8,10,12,17,19H,9,11,13-14H2,1-6H3,(H,34,37)(H,35,42)/t17-,19+/m0/s1. The molecule has 4 aromatic heterocycles. The number of carbonyl (C=O) groups excluding carboxylic acids is 2. The molecule has 1 fully saturated rings. The number of carbonyl (C=O) groups is 2. The molecule has 1 aliphatic rings. The van der Waals surface area contributed by atoms with Crippen LogP contribution in [0.5, 0.6) is 0 Å². The number of alkyl halides is 4. The highest BCUT2D eigenvalue weighted by atomic mass is 32.1. The average molecular weight is 667 g/mol. The highest BCUT2D eigenvalue weighted by Gasteiger charge is 2.38. The third-order valence-electron chi connectivity index (χ3n) is 6.89. The van der Waals surface area contributed by atoms with Gasteiger partial charge in [0.15, 0.2) is 0 Å². The molecule has 2 atom stereocenters. The molecule has 0 aliphatic carbocycles. The number of fused-ring (bicyclic) bond motifs is 1. The Bertz CT molecular complexity index is 1740. The molecule has 2 amide bonds. The second-order valence-electron chi connectivity index (χ2n) is 12.9. The van der Waals surface area contributed by atoms with E-state index in [4.69, 9.17) is 9.26 Å². The number of hydrogen-bond donors (Lipinski definition) is 2. The van der Waals surface area contributed by atoms with Crippen LogP contribution in [-0.2, 0) is 23.2 Å². The third-order valence-corrected chi connectivity index (χ3v) is 8.14. The molecule has 0 spiro atoms. The molecule has 1 saturated heterocycles. The van der Waals surface area contributed by atoms with E-state index < -0.39 is 42.4 Å². The number of aromatic nitrogens is 5. The van der Waals surface area contributed by atoms with Crippen molar-refractivity contribution in [3.63, 3.8) is 0 Å². The number of hydrogen-bond acceptors (Lipinski definition) is 10. The first-order valence-corrected chi connectivity index (χ1v) is 15.2. The molecule has 17 heteroatoms. The maximum absolute atomic E-state index is 15.0. The fourth-order valence-corrected chi connectivity index (χ4v) is 5.94. The van der Waals surface area contributed by atoms with Gasteiger partial charge in [0.25, 0.3) is 5.91 Å². The van der Waals surface area contributed by atoms with Crippen molar-refractivity contribution < 1.29 is 36.4 Å². The van der Waals surface area contributed by atoms with E-state index in [0.29, 0.717) is 16.0 Å². The molecule has 46 heavy (non-hydrogen) atoms. The molecule has 0 radical (unpaired) electrons. The molecule has 2 N–H and O–H groups in total. The minimum absolute atomic E-state index is 0.00947. The van der Waals surface area contributed by atoms with Crippen LogP contribution in [0.15, 0.2) is 29.2 Å². The summed E-state index contributed by atoms with van der Waals surface area (Å²) in [5.41, 5.74) is -0.547. The summed E-state index contributed by atoms with van der Waals surface area (Å²) >= 11 is 0.947. The number of rotatable bonds is 7. The Labute approximate surface area is 265 Å². The predicted octanol–water partition coefficient (Wildman–Crippen LogP) is 5.70. The SMILES string of the molecule is CC(C)(C)OC(=O)N1C[C@H](F)[C@H](Nc2ccnc3c(CC(F)(F)F)c(-c4noc(CNC(=O)c5cnn(C(C)(C)C)c5)n4)sc23)C1. The van der Waals surface area contributed by atoms with Crippen LogP contribution in [0.2, 0.25) is 0 Å². The Morgan fingerprint density at radius 3 is 2.54 bits per heavy atom. The van der Waals surface area contributed by atoms with Crippen LogP contribution in [0.4, 0.5) is 28.0 Å². The van der Waals surface area contributed by atoms with E-state index in [0.717, 1.165) is 11.3 Å². The van der Waals surface area contributed by atoms with E-state index in [2.05, 4.69) is 30.9 Å². The zero-order chi connectivity index (χ0) is 33.6. The van der Waals surface area contributed by atoms with Gasteiger partial charge in [-0.05, 0) is 47.6 Å². The molecular formula is C29H34F4N8O4S. The second kappa shape index (κ2) is 12.1. The topological polar surface area (TPSA) is 140 Å². The van der Waals surface area contributed by atoms with Crippen LogP contribution >= 0.6 is 11.3 Å². The van der Waals surface area contributed by atoms with Crippen LogP contribution in [0, 0.1) is 0 Å². The van der Waals surface area contributed by atoms with Crippen molar-refractivity contribution in [1.82, 2.24) is 35.1 Å². The van der Waals surface area contributed by atoms with Crippen molar-refractivity contribution >= 4 is 39.2 Å². The second-order valence-corrected chi connectivity index (χ2v) is 13.9. The van der Waals surface area contributed by atoms with Gasteiger partial charge in [0.2, 0.25) is 11.7 Å². The van der Waals surface area contributed by atoms with Crippen LogP contribution in [-0.4, -0.2) is 78.9 Å². The minimum Gasteiger partial charge on any atom is -0.444 e. The molecule has 0 unspecified atom stereocenters. The minimum atomic E-state index is -4.59. The van der Waals surface area contributed by atoms with Crippen LogP contribution < -0.4 is 10.6 Å². The van der Waals surface area contributed by atoms with Crippen LogP contribution in [0.3, 0.4) is 0 Å². The lowest BCUT2D eigenvalue weighted by Crippen LogP contribution is -2.36. The summed E-state index contributed by atoms with van der Waals surface area (Å²) in [6.07, 6.45) is -3.68. The number of anilines is 1. The quantitative estimate of drug-likeness (QED) is 0.238. The molecule has 5 heterocycles. The van der Waals surface area contributed by atoms with Crippen LogP contribution in [0.1, 0.15) is 63.4 Å². The molecule has 0 aromatic carbocycles. The Morgan fingerprint density at radius 1 is 1.15 bits per heavy atom. The largest absolute Gasteiger partial charge is 0.444 e. The lowest BCUT2D eigenvalue weighted by molar-refractivity contribution is -0.126. The smallest absolute Gasteiger partial charge is 0.410 e. The van der Waals surface area contributed by atoms with E-state index in [1.54, 1.807) is 31.6 Å². The summed E-state index contributed by atoms with van der Waals surface area (Å²) < 4.78 is 68.9. The average Bonchev–Trinajstić information content (AvgIpc) is 3.72. The number of ether oxygens (including phenoxy) is 1. The van der Waals surface area contributed by atoms with Gasteiger partial charge in [-0.25, -0.2) is 9.18 Å². The highest BCUT2D eigenvalue weighted by Crippen LogP contribution is 2.43. The van der Waals surface area contributed by atoms with Crippen molar-refractivity contribution in [2.75, 3.05) is 18.4 Å². The number of nitrogens with one attached hydrogen (secondary N) is 2. The molecule has 0 bridgehead atoms. The number of pyridine rings is 1. The Balaban J connectivity index is 1.37. The van der Waals surface area contributed by atoms with E-state index in [1.165, 1.54) is 23.4 Å². The lowest BCUT2D eigenvalue weighted by Gasteiger charge is -2.24. The number of likely N-dealkylation sites (tertiary alicyclic amines) is 1. The summed E-state index contributed by atoms with van der Waals surface area (Å²) in [5, 5.41) is 13.8. The molecule has 1 aliphatic heterocycles.